The van der Waals surface area contributed by atoms with Gasteiger partial charge in [-0.2, -0.15) is 0 Å². The van der Waals surface area contributed by atoms with Crippen LogP contribution in [-0.2, 0) is 9.84 Å². The Labute approximate surface area is 123 Å². The predicted molar refractivity (Wildman–Crippen MR) is 83.9 cm³/mol. The molecule has 1 atom stereocenters. The van der Waals surface area contributed by atoms with Gasteiger partial charge >= 0.3 is 0 Å². The first-order valence-electron chi connectivity index (χ1n) is 6.39. The van der Waals surface area contributed by atoms with E-state index < -0.39 is 9.84 Å². The summed E-state index contributed by atoms with van der Waals surface area (Å²) in [6.45, 7) is 3.88. The summed E-state index contributed by atoms with van der Waals surface area (Å²) in [5.74, 6) is 1.03. The topological polar surface area (TPSA) is 59.9 Å². The molecule has 0 aliphatic carbocycles. The number of thioether (sulfide) groups is 1. The average molecular weight is 310 g/mol. The Morgan fingerprint density at radius 3 is 2.40 bits per heavy atom. The minimum absolute atomic E-state index is 0.0997. The smallest absolute Gasteiger partial charge is 0.147 e. The summed E-state index contributed by atoms with van der Waals surface area (Å²) in [4.78, 5) is 9.12. The van der Waals surface area contributed by atoms with E-state index in [1.165, 1.54) is 6.26 Å². The van der Waals surface area contributed by atoms with E-state index in [1.807, 2.05) is 38.1 Å². The lowest BCUT2D eigenvalue weighted by Gasteiger charge is -2.10. The van der Waals surface area contributed by atoms with Crippen LogP contribution in [0.5, 0.6) is 0 Å². The number of fused-ring (bicyclic) bond motifs is 1. The van der Waals surface area contributed by atoms with E-state index in [0.717, 1.165) is 27.5 Å². The van der Waals surface area contributed by atoms with Gasteiger partial charge in [0, 0.05) is 12.0 Å². The molecule has 1 heterocycles. The Bertz CT molecular complexity index is 714. The lowest BCUT2D eigenvalue weighted by molar-refractivity contribution is 0.589. The fourth-order valence-corrected chi connectivity index (χ4v) is 4.27. The molecule has 2 aromatic rings. The van der Waals surface area contributed by atoms with Crippen molar-refractivity contribution in [2.45, 2.75) is 18.9 Å². The van der Waals surface area contributed by atoms with E-state index in [4.69, 9.17) is 0 Å². The largest absolute Gasteiger partial charge is 0.249 e. The molecule has 2 rings (SSSR count). The molecule has 108 valence electrons. The molecule has 4 nitrogen and oxygen atoms in total. The van der Waals surface area contributed by atoms with E-state index >= 15 is 0 Å². The molecule has 1 aromatic heterocycles. The maximum atomic E-state index is 11.3. The molecule has 0 unspecified atom stereocenters. The SMILES string of the molecule is Cc1nc2ccccc2nc1SC[C@@H](C)CS(C)(=O)=O. The maximum absolute atomic E-state index is 11.3. The second-order valence-electron chi connectivity index (χ2n) is 5.11. The minimum atomic E-state index is -2.92. The van der Waals surface area contributed by atoms with Gasteiger partial charge < -0.3 is 0 Å². The predicted octanol–water partition coefficient (Wildman–Crippen LogP) is 2.71. The number of rotatable bonds is 5. The normalized spacial score (nSPS) is 13.6. The highest BCUT2D eigenvalue weighted by Gasteiger charge is 2.13. The number of aromatic nitrogens is 2. The molecule has 0 spiro atoms. The molecule has 0 aliphatic heterocycles. The van der Waals surface area contributed by atoms with Crippen molar-refractivity contribution in [3.63, 3.8) is 0 Å². The van der Waals surface area contributed by atoms with Gasteiger partial charge in [0.2, 0.25) is 0 Å². The van der Waals surface area contributed by atoms with Crippen LogP contribution in [0.1, 0.15) is 12.6 Å². The molecule has 0 bridgehead atoms. The highest BCUT2D eigenvalue weighted by molar-refractivity contribution is 7.99. The van der Waals surface area contributed by atoms with Crippen LogP contribution < -0.4 is 0 Å². The summed E-state index contributed by atoms with van der Waals surface area (Å²) in [6, 6.07) is 7.76. The second-order valence-corrected chi connectivity index (χ2v) is 8.31. The molecular formula is C14H18N2O2S2. The summed E-state index contributed by atoms with van der Waals surface area (Å²) >= 11 is 1.57. The summed E-state index contributed by atoms with van der Waals surface area (Å²) in [5.41, 5.74) is 2.65. The maximum Gasteiger partial charge on any atom is 0.147 e. The standard InChI is InChI=1S/C14H18N2O2S2/c1-10(9-20(3,17)18)8-19-14-11(2)15-12-6-4-5-7-13(12)16-14/h4-7,10H,8-9H2,1-3H3/t10-/m1/s1. The second kappa shape index (κ2) is 6.10. The van der Waals surface area contributed by atoms with Crippen molar-refractivity contribution >= 4 is 32.6 Å². The van der Waals surface area contributed by atoms with Gasteiger partial charge in [-0.3, -0.25) is 0 Å². The van der Waals surface area contributed by atoms with Gasteiger partial charge in [0.1, 0.15) is 14.9 Å². The van der Waals surface area contributed by atoms with Crippen LogP contribution in [0.3, 0.4) is 0 Å². The van der Waals surface area contributed by atoms with Crippen LogP contribution in [0.4, 0.5) is 0 Å². The zero-order valence-corrected chi connectivity index (χ0v) is 13.5. The summed E-state index contributed by atoms with van der Waals surface area (Å²) < 4.78 is 22.5. The van der Waals surface area contributed by atoms with Crippen molar-refractivity contribution < 1.29 is 8.42 Å². The number of hydrogen-bond acceptors (Lipinski definition) is 5. The number of para-hydroxylation sites is 2. The first-order valence-corrected chi connectivity index (χ1v) is 9.43. The zero-order valence-electron chi connectivity index (χ0n) is 11.8. The number of sulfone groups is 1. The van der Waals surface area contributed by atoms with Crippen molar-refractivity contribution in [3.05, 3.63) is 30.0 Å². The van der Waals surface area contributed by atoms with Crippen molar-refractivity contribution in [3.8, 4) is 0 Å². The molecule has 0 N–H and O–H groups in total. The number of benzene rings is 1. The van der Waals surface area contributed by atoms with Gasteiger partial charge in [-0.05, 0) is 25.0 Å². The van der Waals surface area contributed by atoms with E-state index in [2.05, 4.69) is 9.97 Å². The van der Waals surface area contributed by atoms with Crippen LogP contribution in [0.15, 0.2) is 29.3 Å². The van der Waals surface area contributed by atoms with Gasteiger partial charge in [0.05, 0.1) is 22.5 Å². The highest BCUT2D eigenvalue weighted by Crippen LogP contribution is 2.24. The lowest BCUT2D eigenvalue weighted by atomic mass is 10.3. The Morgan fingerprint density at radius 1 is 1.20 bits per heavy atom. The zero-order chi connectivity index (χ0) is 14.8. The van der Waals surface area contributed by atoms with E-state index in [9.17, 15) is 8.42 Å². The van der Waals surface area contributed by atoms with Gasteiger partial charge in [-0.1, -0.05) is 19.1 Å². The lowest BCUT2D eigenvalue weighted by Crippen LogP contribution is -2.14. The summed E-state index contributed by atoms with van der Waals surface area (Å²) in [6.07, 6.45) is 1.27. The Morgan fingerprint density at radius 2 is 1.80 bits per heavy atom. The third kappa shape index (κ3) is 4.18. The van der Waals surface area contributed by atoms with E-state index in [-0.39, 0.29) is 11.7 Å². The Balaban J connectivity index is 2.12. The van der Waals surface area contributed by atoms with Crippen LogP contribution >= 0.6 is 11.8 Å². The number of hydrogen-bond donors (Lipinski definition) is 0. The quantitative estimate of drug-likeness (QED) is 0.795. The third-order valence-electron chi connectivity index (χ3n) is 2.79. The highest BCUT2D eigenvalue weighted by atomic mass is 32.2. The van der Waals surface area contributed by atoms with Gasteiger partial charge in [0.15, 0.2) is 0 Å². The van der Waals surface area contributed by atoms with Crippen LogP contribution in [0.25, 0.3) is 11.0 Å². The molecule has 0 amide bonds. The van der Waals surface area contributed by atoms with Gasteiger partial charge in [-0.15, -0.1) is 11.8 Å². The minimum Gasteiger partial charge on any atom is -0.249 e. The molecule has 0 fully saturated rings. The fraction of sp³-hybridized carbons (Fsp3) is 0.429. The third-order valence-corrected chi connectivity index (χ3v) is 5.36. The molecule has 0 saturated carbocycles. The van der Waals surface area contributed by atoms with Crippen LogP contribution in [0.2, 0.25) is 0 Å². The van der Waals surface area contributed by atoms with E-state index in [1.54, 1.807) is 11.8 Å². The van der Waals surface area contributed by atoms with Crippen LogP contribution in [-0.4, -0.2) is 36.1 Å². The summed E-state index contributed by atoms with van der Waals surface area (Å²) in [5, 5.41) is 0.879. The van der Waals surface area contributed by atoms with Gasteiger partial charge in [-0.25, -0.2) is 18.4 Å². The summed E-state index contributed by atoms with van der Waals surface area (Å²) in [7, 11) is -2.92. The Kier molecular flexibility index (Phi) is 4.65. The Hall–Kier alpha value is -1.14. The van der Waals surface area contributed by atoms with Gasteiger partial charge in [0.25, 0.3) is 0 Å². The molecule has 0 radical (unpaired) electrons. The molecule has 0 saturated heterocycles. The van der Waals surface area contributed by atoms with Crippen molar-refractivity contribution in [2.24, 2.45) is 5.92 Å². The molecule has 6 heteroatoms. The van der Waals surface area contributed by atoms with Crippen LogP contribution in [0, 0.1) is 12.8 Å². The molecular weight excluding hydrogens is 292 g/mol. The number of nitrogens with zero attached hydrogens (tertiary/aromatic N) is 2. The molecule has 0 aliphatic rings. The average Bonchev–Trinajstić information content (AvgIpc) is 2.34. The fourth-order valence-electron chi connectivity index (χ4n) is 1.99. The monoisotopic (exact) mass is 310 g/mol. The first-order chi connectivity index (χ1) is 9.35. The van der Waals surface area contributed by atoms with Crippen molar-refractivity contribution in [1.29, 1.82) is 0 Å². The molecule has 20 heavy (non-hydrogen) atoms. The first kappa shape index (κ1) is 15.3. The molecule has 1 aromatic carbocycles. The van der Waals surface area contributed by atoms with Crippen molar-refractivity contribution in [2.75, 3.05) is 17.8 Å². The van der Waals surface area contributed by atoms with E-state index in [0.29, 0.717) is 0 Å². The van der Waals surface area contributed by atoms with Crippen molar-refractivity contribution in [1.82, 2.24) is 9.97 Å². The number of aryl methyl sites for hydroxylation is 1.